The van der Waals surface area contributed by atoms with Crippen molar-refractivity contribution in [3.63, 3.8) is 0 Å². The van der Waals surface area contributed by atoms with Gasteiger partial charge in [-0.2, -0.15) is 0 Å². The lowest BCUT2D eigenvalue weighted by Gasteiger charge is -2.36. The highest BCUT2D eigenvalue weighted by Crippen LogP contribution is 2.28. The molecule has 0 atom stereocenters. The lowest BCUT2D eigenvalue weighted by atomic mass is 9.93. The maximum absolute atomic E-state index is 12.8. The van der Waals surface area contributed by atoms with Gasteiger partial charge in [0.15, 0.2) is 0 Å². The van der Waals surface area contributed by atoms with Gasteiger partial charge in [-0.15, -0.1) is 0 Å². The third kappa shape index (κ3) is 4.93. The van der Waals surface area contributed by atoms with E-state index in [0.717, 1.165) is 36.8 Å². The maximum Gasteiger partial charge on any atom is 0.260 e. The molecule has 0 unspecified atom stereocenters. The second-order valence-corrected chi connectivity index (χ2v) is 8.98. The van der Waals surface area contributed by atoms with Crippen LogP contribution in [0, 0.1) is 5.41 Å². The second kappa shape index (κ2) is 9.31. The fourth-order valence-corrected chi connectivity index (χ4v) is 4.82. The van der Waals surface area contributed by atoms with Crippen molar-refractivity contribution < 1.29 is 4.79 Å². The van der Waals surface area contributed by atoms with Crippen LogP contribution >= 0.6 is 11.6 Å². The summed E-state index contributed by atoms with van der Waals surface area (Å²) in [6.07, 6.45) is 8.72. The van der Waals surface area contributed by atoms with Gasteiger partial charge < -0.3 is 15.5 Å². The average molecular weight is 428 g/mol. The molecule has 7 heteroatoms. The number of anilines is 1. The van der Waals surface area contributed by atoms with E-state index in [1.165, 1.54) is 32.1 Å². The molecule has 4 rings (SSSR count). The highest BCUT2D eigenvalue weighted by atomic mass is 35.5. The molecule has 1 amide bonds. The molecular formula is C23H30ClN5O. The number of benzene rings is 1. The van der Waals surface area contributed by atoms with Crippen molar-refractivity contribution in [2.45, 2.75) is 64.0 Å². The molecule has 2 aliphatic rings. The van der Waals surface area contributed by atoms with Gasteiger partial charge in [-0.05, 0) is 56.9 Å². The number of piperidine rings is 1. The summed E-state index contributed by atoms with van der Waals surface area (Å²) in [6.45, 7) is 3.28. The lowest BCUT2D eigenvalue weighted by molar-refractivity contribution is 0.0977. The third-order valence-electron chi connectivity index (χ3n) is 6.17. The van der Waals surface area contributed by atoms with Gasteiger partial charge in [0.25, 0.3) is 5.91 Å². The van der Waals surface area contributed by atoms with E-state index in [-0.39, 0.29) is 11.7 Å². The van der Waals surface area contributed by atoms with Gasteiger partial charge in [0.2, 0.25) is 0 Å². The first-order valence-electron chi connectivity index (χ1n) is 11.0. The number of carbonyl (C=O) groups excluding carboxylic acids is 1. The molecule has 0 radical (unpaired) electrons. The molecule has 0 bridgehead atoms. The van der Waals surface area contributed by atoms with Crippen LogP contribution in [0.15, 0.2) is 24.3 Å². The molecule has 1 aromatic carbocycles. The Morgan fingerprint density at radius 2 is 1.80 bits per heavy atom. The highest BCUT2D eigenvalue weighted by molar-refractivity contribution is 6.31. The molecule has 1 aliphatic heterocycles. The molecule has 2 fully saturated rings. The molecule has 3 N–H and O–H groups in total. The number of pyridine rings is 1. The molecule has 6 nitrogen and oxygen atoms in total. The Labute approximate surface area is 182 Å². The normalized spacial score (nSPS) is 18.5. The van der Waals surface area contributed by atoms with Gasteiger partial charge in [0.05, 0.1) is 16.9 Å². The summed E-state index contributed by atoms with van der Waals surface area (Å²) in [4.78, 5) is 19.8. The Hall–Kier alpha value is -2.18. The zero-order chi connectivity index (χ0) is 21.1. The minimum atomic E-state index is -0.297. The predicted octanol–water partition coefficient (Wildman–Crippen LogP) is 4.51. The second-order valence-electron chi connectivity index (χ2n) is 8.54. The standard InChI is InChI=1S/C23H30ClN5O/c1-15(25)26-23(30)20-14-16-13-17(24)7-8-21(16)28-22(20)29-11-9-19(10-12-29)27-18-5-3-2-4-6-18/h7-8,13-14,18-19,27H,2-6,9-12H2,1H3,(H2,25,26,30). The molecule has 1 aliphatic carbocycles. The van der Waals surface area contributed by atoms with Crippen LogP contribution in [0.5, 0.6) is 0 Å². The van der Waals surface area contributed by atoms with Crippen LogP contribution < -0.4 is 15.5 Å². The minimum absolute atomic E-state index is 0.118. The number of hydrogen-bond donors (Lipinski definition) is 3. The number of carbonyl (C=O) groups is 1. The van der Waals surface area contributed by atoms with Crippen LogP contribution in [-0.2, 0) is 0 Å². The first-order chi connectivity index (χ1) is 14.5. The zero-order valence-electron chi connectivity index (χ0n) is 17.5. The minimum Gasteiger partial charge on any atom is -0.356 e. The SMILES string of the molecule is CC(=N)NC(=O)c1cc2cc(Cl)ccc2nc1N1CCC(NC2CCCCC2)CC1. The number of fused-ring (bicyclic) bond motifs is 1. The molecule has 1 saturated heterocycles. The van der Waals surface area contributed by atoms with Gasteiger partial charge in [0.1, 0.15) is 5.82 Å². The lowest BCUT2D eigenvalue weighted by Crippen LogP contribution is -2.47. The highest BCUT2D eigenvalue weighted by Gasteiger charge is 2.26. The Bertz CT molecular complexity index is 933. The smallest absolute Gasteiger partial charge is 0.260 e. The van der Waals surface area contributed by atoms with Crippen molar-refractivity contribution in [3.05, 3.63) is 34.9 Å². The fourth-order valence-electron chi connectivity index (χ4n) is 4.64. The van der Waals surface area contributed by atoms with Gasteiger partial charge >= 0.3 is 0 Å². The Balaban J connectivity index is 1.54. The van der Waals surface area contributed by atoms with Crippen molar-refractivity contribution in [1.82, 2.24) is 15.6 Å². The van der Waals surface area contributed by atoms with E-state index in [2.05, 4.69) is 15.5 Å². The van der Waals surface area contributed by atoms with Crippen molar-refractivity contribution in [1.29, 1.82) is 5.41 Å². The predicted molar refractivity (Wildman–Crippen MR) is 123 cm³/mol. The number of hydrogen-bond acceptors (Lipinski definition) is 5. The van der Waals surface area contributed by atoms with E-state index in [1.807, 2.05) is 24.3 Å². The Morgan fingerprint density at radius 1 is 1.10 bits per heavy atom. The Morgan fingerprint density at radius 3 is 2.50 bits per heavy atom. The number of nitrogens with zero attached hydrogens (tertiary/aromatic N) is 2. The molecular weight excluding hydrogens is 398 g/mol. The summed E-state index contributed by atoms with van der Waals surface area (Å²) in [5, 5.41) is 15.6. The van der Waals surface area contributed by atoms with Crippen molar-refractivity contribution in [3.8, 4) is 0 Å². The molecule has 30 heavy (non-hydrogen) atoms. The first kappa shape index (κ1) is 21.1. The van der Waals surface area contributed by atoms with E-state index >= 15 is 0 Å². The van der Waals surface area contributed by atoms with E-state index in [4.69, 9.17) is 22.0 Å². The summed E-state index contributed by atoms with van der Waals surface area (Å²) in [5.41, 5.74) is 1.31. The number of amidine groups is 1. The van der Waals surface area contributed by atoms with Crippen molar-refractivity contribution in [2.24, 2.45) is 0 Å². The number of halogens is 1. The van der Waals surface area contributed by atoms with E-state index in [0.29, 0.717) is 28.5 Å². The molecule has 2 heterocycles. The maximum atomic E-state index is 12.8. The summed E-state index contributed by atoms with van der Waals surface area (Å²) in [6, 6.07) is 8.57. The number of aromatic nitrogens is 1. The largest absolute Gasteiger partial charge is 0.356 e. The van der Waals surface area contributed by atoms with Gasteiger partial charge in [-0.25, -0.2) is 4.98 Å². The van der Waals surface area contributed by atoms with E-state index < -0.39 is 0 Å². The molecule has 160 valence electrons. The molecule has 1 aromatic heterocycles. The van der Waals surface area contributed by atoms with Crippen LogP contribution in [0.4, 0.5) is 5.82 Å². The summed E-state index contributed by atoms with van der Waals surface area (Å²) in [5.74, 6) is 0.515. The van der Waals surface area contributed by atoms with Crippen molar-refractivity contribution in [2.75, 3.05) is 18.0 Å². The van der Waals surface area contributed by atoms with Gasteiger partial charge in [0, 0.05) is 35.6 Å². The van der Waals surface area contributed by atoms with Crippen LogP contribution in [0.2, 0.25) is 5.02 Å². The Kier molecular flexibility index (Phi) is 6.54. The number of amides is 1. The van der Waals surface area contributed by atoms with Gasteiger partial charge in [-0.1, -0.05) is 30.9 Å². The van der Waals surface area contributed by atoms with Crippen LogP contribution in [0.3, 0.4) is 0 Å². The summed E-state index contributed by atoms with van der Waals surface area (Å²) < 4.78 is 0. The topological polar surface area (TPSA) is 81.1 Å². The van der Waals surface area contributed by atoms with E-state index in [9.17, 15) is 4.79 Å². The monoisotopic (exact) mass is 427 g/mol. The van der Waals surface area contributed by atoms with Crippen LogP contribution in [0.1, 0.15) is 62.2 Å². The van der Waals surface area contributed by atoms with Crippen molar-refractivity contribution >= 4 is 40.1 Å². The average Bonchev–Trinajstić information content (AvgIpc) is 2.73. The first-order valence-corrected chi connectivity index (χ1v) is 11.4. The van der Waals surface area contributed by atoms with Crippen LogP contribution in [0.25, 0.3) is 10.9 Å². The van der Waals surface area contributed by atoms with Gasteiger partial charge in [-0.3, -0.25) is 10.2 Å². The molecule has 2 aromatic rings. The summed E-state index contributed by atoms with van der Waals surface area (Å²) in [7, 11) is 0. The van der Waals surface area contributed by atoms with Crippen LogP contribution in [-0.4, -0.2) is 41.9 Å². The zero-order valence-corrected chi connectivity index (χ0v) is 18.3. The molecule has 0 spiro atoms. The third-order valence-corrected chi connectivity index (χ3v) is 6.41. The number of rotatable bonds is 4. The summed E-state index contributed by atoms with van der Waals surface area (Å²) >= 11 is 6.14. The van der Waals surface area contributed by atoms with E-state index in [1.54, 1.807) is 6.92 Å². The number of nitrogens with one attached hydrogen (secondary N) is 3. The fraction of sp³-hybridized carbons (Fsp3) is 0.522. The molecule has 1 saturated carbocycles. The quantitative estimate of drug-likeness (QED) is 0.495.